The highest BCUT2D eigenvalue weighted by molar-refractivity contribution is 4.98. The maximum atomic E-state index is 6.23. The predicted octanol–water partition coefficient (Wildman–Crippen LogP) is 2.89. The van der Waals surface area contributed by atoms with Crippen LogP contribution >= 0.6 is 0 Å². The third-order valence-electron chi connectivity index (χ3n) is 5.07. The average molecular weight is 270 g/mol. The normalized spacial score (nSPS) is 30.0. The smallest absolute Gasteiger partial charge is 0.0615 e. The second-order valence-electron chi connectivity index (χ2n) is 6.62. The molecule has 0 radical (unpaired) electrons. The van der Waals surface area contributed by atoms with Crippen molar-refractivity contribution in [1.82, 2.24) is 4.90 Å². The van der Waals surface area contributed by atoms with Gasteiger partial charge in [0.2, 0.25) is 0 Å². The van der Waals surface area contributed by atoms with E-state index in [2.05, 4.69) is 32.6 Å². The summed E-state index contributed by atoms with van der Waals surface area (Å²) in [5, 5.41) is 0. The Morgan fingerprint density at radius 2 is 2.05 bits per heavy atom. The van der Waals surface area contributed by atoms with Crippen LogP contribution in [0.5, 0.6) is 0 Å². The molecule has 1 rings (SSSR count). The van der Waals surface area contributed by atoms with E-state index in [-0.39, 0.29) is 5.54 Å². The molecule has 3 heteroatoms. The number of hydrogen-bond acceptors (Lipinski definition) is 3. The molecule has 114 valence electrons. The van der Waals surface area contributed by atoms with Crippen LogP contribution in [0.2, 0.25) is 0 Å². The van der Waals surface area contributed by atoms with Crippen LogP contribution in [0, 0.1) is 11.8 Å². The lowest BCUT2D eigenvalue weighted by Crippen LogP contribution is -2.60. The predicted molar refractivity (Wildman–Crippen MR) is 82.3 cm³/mol. The number of nitrogens with two attached hydrogens (primary N) is 1. The Labute approximate surface area is 119 Å². The number of ether oxygens (including phenoxy) is 1. The van der Waals surface area contributed by atoms with E-state index in [9.17, 15) is 0 Å². The molecule has 1 fully saturated rings. The van der Waals surface area contributed by atoms with Gasteiger partial charge >= 0.3 is 0 Å². The lowest BCUT2D eigenvalue weighted by molar-refractivity contribution is -0.0196. The van der Waals surface area contributed by atoms with Gasteiger partial charge in [-0.3, -0.25) is 4.90 Å². The fourth-order valence-corrected chi connectivity index (χ4v) is 3.96. The largest absolute Gasteiger partial charge is 0.383 e. The van der Waals surface area contributed by atoms with E-state index < -0.39 is 0 Å². The molecule has 1 aliphatic rings. The van der Waals surface area contributed by atoms with E-state index in [0.29, 0.717) is 6.04 Å². The summed E-state index contributed by atoms with van der Waals surface area (Å²) in [5.41, 5.74) is 6.42. The first-order valence-electron chi connectivity index (χ1n) is 7.96. The van der Waals surface area contributed by atoms with E-state index in [4.69, 9.17) is 10.5 Å². The number of likely N-dealkylation sites (N-methyl/N-ethyl adjacent to an activating group) is 1. The van der Waals surface area contributed by atoms with Gasteiger partial charge in [0.05, 0.1) is 6.61 Å². The monoisotopic (exact) mass is 270 g/mol. The van der Waals surface area contributed by atoms with Gasteiger partial charge in [-0.05, 0) is 38.1 Å². The van der Waals surface area contributed by atoms with Crippen LogP contribution in [0.1, 0.15) is 53.4 Å². The van der Waals surface area contributed by atoms with Gasteiger partial charge in [0, 0.05) is 25.2 Å². The first-order valence-corrected chi connectivity index (χ1v) is 7.96. The van der Waals surface area contributed by atoms with Gasteiger partial charge in [0.1, 0.15) is 0 Å². The minimum Gasteiger partial charge on any atom is -0.383 e. The Kier molecular flexibility index (Phi) is 6.78. The molecule has 3 nitrogen and oxygen atoms in total. The minimum absolute atomic E-state index is 0.194. The minimum atomic E-state index is 0.194. The molecule has 0 amide bonds. The number of rotatable bonds is 7. The summed E-state index contributed by atoms with van der Waals surface area (Å²) in [4.78, 5) is 2.60. The van der Waals surface area contributed by atoms with Gasteiger partial charge in [-0.1, -0.05) is 33.6 Å². The lowest BCUT2D eigenvalue weighted by atomic mass is 9.70. The van der Waals surface area contributed by atoms with E-state index in [1.54, 1.807) is 7.11 Å². The Hall–Kier alpha value is -0.120. The highest BCUT2D eigenvalue weighted by Gasteiger charge is 2.41. The number of methoxy groups -OCH3 is 1. The molecule has 1 saturated carbocycles. The van der Waals surface area contributed by atoms with Gasteiger partial charge in [0.25, 0.3) is 0 Å². The van der Waals surface area contributed by atoms with Crippen molar-refractivity contribution in [3.8, 4) is 0 Å². The molecule has 0 spiro atoms. The molecule has 2 N–H and O–H groups in total. The van der Waals surface area contributed by atoms with Crippen molar-refractivity contribution in [3.63, 3.8) is 0 Å². The summed E-state index contributed by atoms with van der Waals surface area (Å²) < 4.78 is 5.36. The molecule has 1 aliphatic carbocycles. The first-order chi connectivity index (χ1) is 9.00. The molecule has 0 saturated heterocycles. The topological polar surface area (TPSA) is 38.5 Å². The number of hydrogen-bond donors (Lipinski definition) is 1. The highest BCUT2D eigenvalue weighted by Crippen LogP contribution is 2.40. The Bertz CT molecular complexity index is 257. The Morgan fingerprint density at radius 3 is 2.53 bits per heavy atom. The van der Waals surface area contributed by atoms with Gasteiger partial charge in [-0.25, -0.2) is 0 Å². The summed E-state index contributed by atoms with van der Waals surface area (Å²) in [6.45, 7) is 11.9. The molecule has 19 heavy (non-hydrogen) atoms. The van der Waals surface area contributed by atoms with Crippen molar-refractivity contribution in [1.29, 1.82) is 0 Å². The molecule has 0 aromatic carbocycles. The molecule has 0 bridgehead atoms. The molecule has 3 atom stereocenters. The molecular weight excluding hydrogens is 236 g/mol. The first kappa shape index (κ1) is 16.9. The van der Waals surface area contributed by atoms with Gasteiger partial charge in [-0.15, -0.1) is 0 Å². The number of nitrogens with zero attached hydrogens (tertiary/aromatic N) is 1. The molecule has 0 aromatic rings. The highest BCUT2D eigenvalue weighted by atomic mass is 16.5. The van der Waals surface area contributed by atoms with Crippen molar-refractivity contribution in [2.45, 2.75) is 65.0 Å². The van der Waals surface area contributed by atoms with Gasteiger partial charge < -0.3 is 10.5 Å². The fourth-order valence-electron chi connectivity index (χ4n) is 3.96. The fraction of sp³-hybridized carbons (Fsp3) is 1.00. The zero-order chi connectivity index (χ0) is 14.5. The zero-order valence-electron chi connectivity index (χ0n) is 13.6. The summed E-state index contributed by atoms with van der Waals surface area (Å²) in [6.07, 6.45) is 5.18. The quantitative estimate of drug-likeness (QED) is 0.773. The van der Waals surface area contributed by atoms with Gasteiger partial charge in [0.15, 0.2) is 0 Å². The van der Waals surface area contributed by atoms with Crippen molar-refractivity contribution < 1.29 is 4.74 Å². The Balaban J connectivity index is 2.87. The van der Waals surface area contributed by atoms with Crippen molar-refractivity contribution in [2.24, 2.45) is 17.6 Å². The summed E-state index contributed by atoms with van der Waals surface area (Å²) in [6, 6.07) is 0.449. The maximum absolute atomic E-state index is 6.23. The van der Waals surface area contributed by atoms with E-state index in [1.807, 2.05) is 0 Å². The second kappa shape index (κ2) is 7.61. The van der Waals surface area contributed by atoms with Gasteiger partial charge in [-0.2, -0.15) is 0 Å². The molecular formula is C16H34N2O. The summed E-state index contributed by atoms with van der Waals surface area (Å²) >= 11 is 0. The van der Waals surface area contributed by atoms with Crippen molar-refractivity contribution in [3.05, 3.63) is 0 Å². The molecule has 0 aliphatic heterocycles. The summed E-state index contributed by atoms with van der Waals surface area (Å²) in [5.74, 6) is 1.59. The lowest BCUT2D eigenvalue weighted by Gasteiger charge is -2.51. The van der Waals surface area contributed by atoms with Crippen LogP contribution in [0.25, 0.3) is 0 Å². The SMILES string of the molecule is CCN(C(C)COC)C1(CN)CCCC(C(C)C)C1. The van der Waals surface area contributed by atoms with Crippen LogP contribution in [-0.4, -0.2) is 43.3 Å². The van der Waals surface area contributed by atoms with Crippen molar-refractivity contribution >= 4 is 0 Å². The van der Waals surface area contributed by atoms with E-state index in [0.717, 1.165) is 31.5 Å². The van der Waals surface area contributed by atoms with Crippen molar-refractivity contribution in [2.75, 3.05) is 26.8 Å². The average Bonchev–Trinajstić information content (AvgIpc) is 2.40. The van der Waals surface area contributed by atoms with Crippen LogP contribution < -0.4 is 5.73 Å². The van der Waals surface area contributed by atoms with E-state index >= 15 is 0 Å². The summed E-state index contributed by atoms with van der Waals surface area (Å²) in [7, 11) is 1.79. The third kappa shape index (κ3) is 3.93. The standard InChI is InChI=1S/C16H34N2O/c1-6-18(14(4)11-19-5)16(12-17)9-7-8-15(10-16)13(2)3/h13-15H,6-12,17H2,1-5H3. The molecule has 0 heterocycles. The molecule has 0 aromatic heterocycles. The van der Waals surface area contributed by atoms with Crippen LogP contribution in [0.15, 0.2) is 0 Å². The van der Waals surface area contributed by atoms with Crippen LogP contribution in [-0.2, 0) is 4.74 Å². The third-order valence-corrected chi connectivity index (χ3v) is 5.07. The zero-order valence-corrected chi connectivity index (χ0v) is 13.6. The Morgan fingerprint density at radius 1 is 1.37 bits per heavy atom. The molecule has 3 unspecified atom stereocenters. The maximum Gasteiger partial charge on any atom is 0.0615 e. The van der Waals surface area contributed by atoms with Crippen LogP contribution in [0.4, 0.5) is 0 Å². The van der Waals surface area contributed by atoms with E-state index in [1.165, 1.54) is 25.7 Å². The second-order valence-corrected chi connectivity index (χ2v) is 6.62. The van der Waals surface area contributed by atoms with Crippen LogP contribution in [0.3, 0.4) is 0 Å².